The van der Waals surface area contributed by atoms with Gasteiger partial charge in [-0.1, -0.05) is 35.3 Å². The summed E-state index contributed by atoms with van der Waals surface area (Å²) in [6.45, 7) is 0. The van der Waals surface area contributed by atoms with Crippen molar-refractivity contribution in [2.75, 3.05) is 4.72 Å². The minimum atomic E-state index is -3.76. The van der Waals surface area contributed by atoms with Gasteiger partial charge in [0.15, 0.2) is 0 Å². The first-order chi connectivity index (χ1) is 10.9. The van der Waals surface area contributed by atoms with Gasteiger partial charge < -0.3 is 0 Å². The maximum Gasteiger partial charge on any atom is 0.261 e. The zero-order chi connectivity index (χ0) is 16.4. The molecule has 0 radical (unpaired) electrons. The molecule has 0 aliphatic carbocycles. The minimum absolute atomic E-state index is 0.00708. The first-order valence-electron chi connectivity index (χ1n) is 6.53. The molecular formula is C15H11Cl2N3O2S. The quantitative estimate of drug-likeness (QED) is 0.725. The molecule has 0 aliphatic heterocycles. The largest absolute Gasteiger partial charge is 0.280 e. The molecule has 0 saturated heterocycles. The highest BCUT2D eigenvalue weighted by atomic mass is 35.5. The molecule has 0 saturated carbocycles. The van der Waals surface area contributed by atoms with E-state index >= 15 is 0 Å². The van der Waals surface area contributed by atoms with E-state index in [1.165, 1.54) is 18.2 Å². The summed E-state index contributed by atoms with van der Waals surface area (Å²) in [5.41, 5.74) is 2.18. The Morgan fingerprint density at radius 1 is 0.957 bits per heavy atom. The van der Waals surface area contributed by atoms with Gasteiger partial charge in [-0.15, -0.1) is 0 Å². The number of nitrogens with zero attached hydrogens (tertiary/aromatic N) is 1. The van der Waals surface area contributed by atoms with Gasteiger partial charge in [-0.3, -0.25) is 9.82 Å². The van der Waals surface area contributed by atoms with E-state index < -0.39 is 10.0 Å². The number of hydrogen-bond donors (Lipinski definition) is 2. The fraction of sp³-hybridized carbons (Fsp3) is 0. The monoisotopic (exact) mass is 367 g/mol. The van der Waals surface area contributed by atoms with Crippen LogP contribution in [0.5, 0.6) is 0 Å². The molecule has 0 bridgehead atoms. The normalized spacial score (nSPS) is 11.4. The smallest absolute Gasteiger partial charge is 0.261 e. The Balaban J connectivity index is 1.86. The number of anilines is 1. The molecule has 0 fully saturated rings. The average molecular weight is 368 g/mol. The number of sulfonamides is 1. The van der Waals surface area contributed by atoms with Gasteiger partial charge in [0.25, 0.3) is 10.0 Å². The molecule has 0 aliphatic rings. The number of aromatic nitrogens is 2. The molecule has 0 amide bonds. The number of hydrogen-bond acceptors (Lipinski definition) is 3. The summed E-state index contributed by atoms with van der Waals surface area (Å²) in [5, 5.41) is 7.23. The Labute approximate surface area is 143 Å². The molecule has 3 aromatic rings. The van der Waals surface area contributed by atoms with Crippen LogP contribution in [0.15, 0.2) is 59.6 Å². The van der Waals surface area contributed by atoms with Gasteiger partial charge in [0.1, 0.15) is 0 Å². The van der Waals surface area contributed by atoms with Crippen LogP contribution in [0.1, 0.15) is 0 Å². The third-order valence-corrected chi connectivity index (χ3v) is 4.89. The van der Waals surface area contributed by atoms with Crippen LogP contribution >= 0.6 is 23.2 Å². The van der Waals surface area contributed by atoms with E-state index in [-0.39, 0.29) is 14.9 Å². The zero-order valence-corrected chi connectivity index (χ0v) is 14.0. The molecule has 2 aromatic carbocycles. The molecule has 2 N–H and O–H groups in total. The van der Waals surface area contributed by atoms with Crippen LogP contribution in [0.4, 0.5) is 5.69 Å². The van der Waals surface area contributed by atoms with Crippen molar-refractivity contribution in [1.82, 2.24) is 10.2 Å². The molecule has 0 spiro atoms. The first-order valence-corrected chi connectivity index (χ1v) is 8.77. The molecule has 1 heterocycles. The SMILES string of the molecule is O=S(=O)(Nc1ccc(-c2ccn[nH]2)cc1)c1cc(Cl)cc(Cl)c1. The molecule has 5 nitrogen and oxygen atoms in total. The van der Waals surface area contributed by atoms with Crippen LogP contribution in [-0.4, -0.2) is 18.6 Å². The molecule has 118 valence electrons. The van der Waals surface area contributed by atoms with Crippen molar-refractivity contribution in [1.29, 1.82) is 0 Å². The van der Waals surface area contributed by atoms with Gasteiger partial charge >= 0.3 is 0 Å². The Kier molecular flexibility index (Phi) is 4.30. The zero-order valence-electron chi connectivity index (χ0n) is 11.6. The van der Waals surface area contributed by atoms with Gasteiger partial charge in [-0.25, -0.2) is 8.42 Å². The molecule has 1 aromatic heterocycles. The van der Waals surface area contributed by atoms with E-state index in [0.717, 1.165) is 11.3 Å². The topological polar surface area (TPSA) is 74.8 Å². The lowest BCUT2D eigenvalue weighted by molar-refractivity contribution is 0.601. The molecule has 23 heavy (non-hydrogen) atoms. The van der Waals surface area contributed by atoms with Crippen molar-refractivity contribution in [3.05, 3.63) is 64.8 Å². The fourth-order valence-electron chi connectivity index (χ4n) is 2.03. The summed E-state index contributed by atoms with van der Waals surface area (Å²) in [7, 11) is -3.76. The van der Waals surface area contributed by atoms with E-state index in [0.29, 0.717) is 5.69 Å². The molecule has 8 heteroatoms. The number of benzene rings is 2. The number of aromatic amines is 1. The highest BCUT2D eigenvalue weighted by Gasteiger charge is 2.16. The second kappa shape index (κ2) is 6.23. The molecule has 3 rings (SSSR count). The van der Waals surface area contributed by atoms with Crippen LogP contribution in [0.2, 0.25) is 10.0 Å². The summed E-state index contributed by atoms with van der Waals surface area (Å²) in [6, 6.07) is 12.9. The minimum Gasteiger partial charge on any atom is -0.280 e. The predicted octanol–water partition coefficient (Wildman–Crippen LogP) is 4.18. The summed E-state index contributed by atoms with van der Waals surface area (Å²) in [6.07, 6.45) is 1.65. The highest BCUT2D eigenvalue weighted by Crippen LogP contribution is 2.25. The fourth-order valence-corrected chi connectivity index (χ4v) is 3.82. The standard InChI is InChI=1S/C15H11Cl2N3O2S/c16-11-7-12(17)9-14(8-11)23(21,22)20-13-3-1-10(2-4-13)15-5-6-18-19-15/h1-9,20H,(H,18,19). The Morgan fingerprint density at radius 3 is 2.17 bits per heavy atom. The lowest BCUT2D eigenvalue weighted by Crippen LogP contribution is -2.12. The van der Waals surface area contributed by atoms with Crippen molar-refractivity contribution in [3.8, 4) is 11.3 Å². The Bertz CT molecular complexity index is 904. The summed E-state index contributed by atoms with van der Waals surface area (Å²) >= 11 is 11.7. The van der Waals surface area contributed by atoms with E-state index in [2.05, 4.69) is 14.9 Å². The second-order valence-corrected chi connectivity index (χ2v) is 7.31. The van der Waals surface area contributed by atoms with Crippen LogP contribution in [0.25, 0.3) is 11.3 Å². The van der Waals surface area contributed by atoms with Gasteiger partial charge in [-0.2, -0.15) is 5.10 Å². The van der Waals surface area contributed by atoms with Gasteiger partial charge in [0, 0.05) is 21.9 Å². The number of halogens is 2. The van der Waals surface area contributed by atoms with Crippen molar-refractivity contribution < 1.29 is 8.42 Å². The maximum absolute atomic E-state index is 12.4. The third kappa shape index (κ3) is 3.67. The van der Waals surface area contributed by atoms with Crippen LogP contribution in [0.3, 0.4) is 0 Å². The summed E-state index contributed by atoms with van der Waals surface area (Å²) < 4.78 is 27.2. The average Bonchev–Trinajstić information content (AvgIpc) is 3.01. The predicted molar refractivity (Wildman–Crippen MR) is 91.3 cm³/mol. The van der Waals surface area contributed by atoms with Crippen LogP contribution < -0.4 is 4.72 Å². The van der Waals surface area contributed by atoms with E-state index in [1.54, 1.807) is 30.5 Å². The molecule has 0 atom stereocenters. The second-order valence-electron chi connectivity index (χ2n) is 4.76. The van der Waals surface area contributed by atoms with Crippen LogP contribution in [-0.2, 0) is 10.0 Å². The number of rotatable bonds is 4. The van der Waals surface area contributed by atoms with Crippen molar-refractivity contribution in [2.24, 2.45) is 0 Å². The van der Waals surface area contributed by atoms with Crippen molar-refractivity contribution >= 4 is 38.9 Å². The van der Waals surface area contributed by atoms with Gasteiger partial charge in [0.05, 0.1) is 10.6 Å². The van der Waals surface area contributed by atoms with E-state index in [4.69, 9.17) is 23.2 Å². The van der Waals surface area contributed by atoms with Crippen molar-refractivity contribution in [2.45, 2.75) is 4.90 Å². The number of nitrogens with one attached hydrogen (secondary N) is 2. The maximum atomic E-state index is 12.4. The Hall–Kier alpha value is -2.02. The van der Waals surface area contributed by atoms with E-state index in [1.807, 2.05) is 6.07 Å². The summed E-state index contributed by atoms with van der Waals surface area (Å²) in [4.78, 5) is 0.00708. The van der Waals surface area contributed by atoms with Gasteiger partial charge in [-0.05, 0) is 42.0 Å². The van der Waals surface area contributed by atoms with Gasteiger partial charge in [0.2, 0.25) is 0 Å². The lowest BCUT2D eigenvalue weighted by atomic mass is 10.1. The van der Waals surface area contributed by atoms with Crippen molar-refractivity contribution in [3.63, 3.8) is 0 Å². The Morgan fingerprint density at radius 2 is 1.61 bits per heavy atom. The van der Waals surface area contributed by atoms with E-state index in [9.17, 15) is 8.42 Å². The molecular weight excluding hydrogens is 357 g/mol. The highest BCUT2D eigenvalue weighted by molar-refractivity contribution is 7.92. The van der Waals surface area contributed by atoms with Crippen LogP contribution in [0, 0.1) is 0 Å². The third-order valence-electron chi connectivity index (χ3n) is 3.10. The number of H-pyrrole nitrogens is 1. The lowest BCUT2D eigenvalue weighted by Gasteiger charge is -2.09. The summed E-state index contributed by atoms with van der Waals surface area (Å²) in [5.74, 6) is 0. The first kappa shape index (κ1) is 15.9. The molecule has 0 unspecified atom stereocenters.